The smallest absolute Gasteiger partial charge is 0.221 e. The topological polar surface area (TPSA) is 78.5 Å². The molecule has 0 aromatic heterocycles. The van der Waals surface area contributed by atoms with Gasteiger partial charge in [0.05, 0.1) is 5.25 Å². The maximum absolute atomic E-state index is 12.4. The Morgan fingerprint density at radius 2 is 1.92 bits per heavy atom. The summed E-state index contributed by atoms with van der Waals surface area (Å²) in [6, 6.07) is 9.88. The van der Waals surface area contributed by atoms with Gasteiger partial charge in [0.1, 0.15) is 0 Å². The second kappa shape index (κ2) is 7.21. The number of carbonyl (C=O) groups excluding carboxylic acids is 1. The second-order valence-corrected chi connectivity index (χ2v) is 8.66. The summed E-state index contributed by atoms with van der Waals surface area (Å²) >= 11 is 0. The molecule has 1 aromatic rings. The van der Waals surface area contributed by atoms with E-state index < -0.39 is 10.0 Å². The molecule has 1 aliphatic carbocycles. The third kappa shape index (κ3) is 4.15. The van der Waals surface area contributed by atoms with E-state index in [-0.39, 0.29) is 23.1 Å². The molecule has 1 amide bonds. The number of hydrogen-bond donors (Lipinski definition) is 2. The van der Waals surface area contributed by atoms with Crippen molar-refractivity contribution in [2.24, 2.45) is 0 Å². The van der Waals surface area contributed by atoms with E-state index in [0.717, 1.165) is 24.9 Å². The van der Waals surface area contributed by atoms with Gasteiger partial charge in [0, 0.05) is 45.1 Å². The first-order valence-electron chi connectivity index (χ1n) is 8.48. The number of nitrogens with zero attached hydrogens (tertiary/aromatic N) is 1. The van der Waals surface area contributed by atoms with Gasteiger partial charge in [-0.05, 0) is 18.4 Å². The van der Waals surface area contributed by atoms with Crippen LogP contribution in [0.5, 0.6) is 0 Å². The molecular weight excluding hydrogens is 326 g/mol. The van der Waals surface area contributed by atoms with Crippen LogP contribution >= 0.6 is 0 Å². The van der Waals surface area contributed by atoms with Gasteiger partial charge in [0.15, 0.2) is 0 Å². The summed E-state index contributed by atoms with van der Waals surface area (Å²) in [4.78, 5) is 13.7. The predicted molar refractivity (Wildman–Crippen MR) is 93.2 cm³/mol. The Hall–Kier alpha value is -1.44. The number of nitrogens with one attached hydrogen (secondary N) is 2. The second-order valence-electron chi connectivity index (χ2n) is 6.67. The average Bonchev–Trinajstić information content (AvgIpc) is 3.37. The molecule has 0 spiro atoms. The van der Waals surface area contributed by atoms with E-state index in [9.17, 15) is 13.2 Å². The van der Waals surface area contributed by atoms with Crippen LogP contribution in [0.1, 0.15) is 30.7 Å². The molecule has 0 unspecified atom stereocenters. The highest BCUT2D eigenvalue weighted by atomic mass is 32.2. The van der Waals surface area contributed by atoms with Crippen LogP contribution in [0.25, 0.3) is 0 Å². The van der Waals surface area contributed by atoms with Gasteiger partial charge in [0.25, 0.3) is 0 Å². The largest absolute Gasteiger partial charge is 0.359 e. The van der Waals surface area contributed by atoms with Crippen LogP contribution in [0, 0.1) is 0 Å². The van der Waals surface area contributed by atoms with Crippen LogP contribution in [0.2, 0.25) is 0 Å². The Morgan fingerprint density at radius 3 is 2.54 bits per heavy atom. The number of hydrogen-bond acceptors (Lipinski definition) is 4. The quantitative estimate of drug-likeness (QED) is 0.757. The molecular formula is C17H25N3O3S. The molecule has 1 saturated heterocycles. The van der Waals surface area contributed by atoms with Gasteiger partial charge in [-0.1, -0.05) is 30.3 Å². The van der Waals surface area contributed by atoms with Gasteiger partial charge in [-0.15, -0.1) is 0 Å². The number of rotatable bonds is 7. The lowest BCUT2D eigenvalue weighted by Gasteiger charge is -2.20. The molecule has 1 aromatic carbocycles. The van der Waals surface area contributed by atoms with Gasteiger partial charge in [0.2, 0.25) is 15.9 Å². The maximum Gasteiger partial charge on any atom is 0.221 e. The van der Waals surface area contributed by atoms with Gasteiger partial charge in [-0.25, -0.2) is 13.1 Å². The number of likely N-dealkylation sites (tertiary alicyclic amines) is 1. The summed E-state index contributed by atoms with van der Waals surface area (Å²) in [7, 11) is -1.60. The van der Waals surface area contributed by atoms with Crippen LogP contribution in [0.3, 0.4) is 0 Å². The highest BCUT2D eigenvalue weighted by molar-refractivity contribution is 7.90. The summed E-state index contributed by atoms with van der Waals surface area (Å²) in [5.41, 5.74) is 1.14. The van der Waals surface area contributed by atoms with Gasteiger partial charge < -0.3 is 10.2 Å². The minimum absolute atomic E-state index is 0.00766. The van der Waals surface area contributed by atoms with E-state index in [1.165, 1.54) is 0 Å². The molecule has 2 aliphatic rings. The molecule has 1 heterocycles. The zero-order valence-electron chi connectivity index (χ0n) is 13.9. The molecule has 0 radical (unpaired) electrons. The van der Waals surface area contributed by atoms with E-state index >= 15 is 0 Å². The normalized spacial score (nSPS) is 24.9. The van der Waals surface area contributed by atoms with Gasteiger partial charge in [-0.3, -0.25) is 4.79 Å². The molecule has 24 heavy (non-hydrogen) atoms. The Kier molecular flexibility index (Phi) is 5.22. The fraction of sp³-hybridized carbons (Fsp3) is 0.588. The fourth-order valence-corrected chi connectivity index (χ4v) is 4.91. The van der Waals surface area contributed by atoms with Crippen LogP contribution in [-0.4, -0.2) is 57.2 Å². The van der Waals surface area contributed by atoms with E-state index in [1.807, 2.05) is 30.3 Å². The Labute approximate surface area is 143 Å². The third-order valence-corrected chi connectivity index (χ3v) is 6.82. The summed E-state index contributed by atoms with van der Waals surface area (Å²) in [6.07, 6.45) is 1.96. The van der Waals surface area contributed by atoms with Crippen molar-refractivity contribution in [3.63, 3.8) is 0 Å². The molecule has 2 fully saturated rings. The fourth-order valence-electron chi connectivity index (χ4n) is 3.30. The van der Waals surface area contributed by atoms with Crippen molar-refractivity contribution in [1.82, 2.24) is 14.9 Å². The van der Waals surface area contributed by atoms with E-state index in [2.05, 4.69) is 14.9 Å². The molecule has 132 valence electrons. The molecule has 1 saturated carbocycles. The van der Waals surface area contributed by atoms with Gasteiger partial charge in [-0.2, -0.15) is 0 Å². The standard InChI is InChI=1S/C17H25N3O3S/c1-18-17(21)9-10-20-11-15(13-5-3-2-4-6-13)16(12-20)19-24(22,23)14-7-8-14/h2-6,14-16,19H,7-12H2,1H3,(H,18,21)/t15-,16+/m1/s1. The van der Waals surface area contributed by atoms with E-state index in [4.69, 9.17) is 0 Å². The zero-order chi connectivity index (χ0) is 17.2. The lowest BCUT2D eigenvalue weighted by Crippen LogP contribution is -2.41. The summed E-state index contributed by atoms with van der Waals surface area (Å²) in [5, 5.41) is 2.41. The first kappa shape index (κ1) is 17.4. The molecule has 2 N–H and O–H groups in total. The van der Waals surface area contributed by atoms with E-state index in [0.29, 0.717) is 19.5 Å². The molecule has 0 bridgehead atoms. The van der Waals surface area contributed by atoms with Crippen LogP contribution in [-0.2, 0) is 14.8 Å². The van der Waals surface area contributed by atoms with Crippen molar-refractivity contribution in [3.8, 4) is 0 Å². The van der Waals surface area contributed by atoms with Gasteiger partial charge >= 0.3 is 0 Å². The maximum atomic E-state index is 12.4. The summed E-state index contributed by atoms with van der Waals surface area (Å²) in [5.74, 6) is 0.123. The zero-order valence-corrected chi connectivity index (χ0v) is 14.8. The van der Waals surface area contributed by atoms with Crippen molar-refractivity contribution in [2.45, 2.75) is 36.5 Å². The Balaban J connectivity index is 1.71. The van der Waals surface area contributed by atoms with Crippen LogP contribution in [0.15, 0.2) is 30.3 Å². The molecule has 7 heteroatoms. The third-order valence-electron chi connectivity index (χ3n) is 4.84. The number of carbonyl (C=O) groups is 1. The van der Waals surface area contributed by atoms with Crippen molar-refractivity contribution < 1.29 is 13.2 Å². The number of amides is 1. The number of sulfonamides is 1. The minimum Gasteiger partial charge on any atom is -0.359 e. The molecule has 2 atom stereocenters. The Morgan fingerprint density at radius 1 is 1.21 bits per heavy atom. The monoisotopic (exact) mass is 351 g/mol. The van der Waals surface area contributed by atoms with Crippen molar-refractivity contribution in [2.75, 3.05) is 26.7 Å². The number of benzene rings is 1. The first-order chi connectivity index (χ1) is 11.5. The first-order valence-corrected chi connectivity index (χ1v) is 10.0. The summed E-state index contributed by atoms with van der Waals surface area (Å²) < 4.78 is 27.6. The van der Waals surface area contributed by atoms with Crippen LogP contribution in [0.4, 0.5) is 0 Å². The highest BCUT2D eigenvalue weighted by Crippen LogP contribution is 2.32. The van der Waals surface area contributed by atoms with Crippen molar-refractivity contribution >= 4 is 15.9 Å². The van der Waals surface area contributed by atoms with Crippen molar-refractivity contribution in [1.29, 1.82) is 0 Å². The predicted octanol–water partition coefficient (Wildman–Crippen LogP) is 0.672. The van der Waals surface area contributed by atoms with E-state index in [1.54, 1.807) is 7.05 Å². The summed E-state index contributed by atoms with van der Waals surface area (Å²) in [6.45, 7) is 2.05. The average molecular weight is 351 g/mol. The Bertz CT molecular complexity index is 674. The van der Waals surface area contributed by atoms with Crippen LogP contribution < -0.4 is 10.0 Å². The lowest BCUT2D eigenvalue weighted by atomic mass is 9.95. The SMILES string of the molecule is CNC(=O)CCN1C[C@H](NS(=O)(=O)C2CC2)[C@@H](c2ccccc2)C1. The minimum atomic E-state index is -3.23. The lowest BCUT2D eigenvalue weighted by molar-refractivity contribution is -0.120. The molecule has 3 rings (SSSR count). The molecule has 1 aliphatic heterocycles. The molecule has 6 nitrogen and oxygen atoms in total. The highest BCUT2D eigenvalue weighted by Gasteiger charge is 2.41. The van der Waals surface area contributed by atoms with Crippen molar-refractivity contribution in [3.05, 3.63) is 35.9 Å².